The first-order valence-electron chi connectivity index (χ1n) is 12.5. The summed E-state index contributed by atoms with van der Waals surface area (Å²) < 4.78 is 29.3. The van der Waals surface area contributed by atoms with Crippen molar-refractivity contribution in [2.45, 2.75) is 29.1 Å². The van der Waals surface area contributed by atoms with E-state index in [-0.39, 0.29) is 22.9 Å². The standard InChI is InChI=1S/C26H22ClN7O6S2/c27-18-2-1-16-7-24(41-21(16)8-18)42(39,40)33-13-19(9-22(28)35)34(20(14-33)10-23(36)32-38)26(37)17-11-30-25(31-12-17)15-3-5-29-6-4-15/h1-8,11-12,19-20H,9-10,13-14H2,(H2,28,35). The van der Waals surface area contributed by atoms with Gasteiger partial charge in [0.15, 0.2) is 5.82 Å². The highest BCUT2D eigenvalue weighted by molar-refractivity contribution is 7.91. The summed E-state index contributed by atoms with van der Waals surface area (Å²) in [5, 5.41) is 3.54. The number of hydrogen-bond donors (Lipinski definition) is 1. The fourth-order valence-electron chi connectivity index (χ4n) is 4.82. The maximum atomic E-state index is 13.8. The average molecular weight is 628 g/mol. The van der Waals surface area contributed by atoms with Gasteiger partial charge < -0.3 is 10.6 Å². The SMILES string of the molecule is NC(=O)CC1CN(S(=O)(=O)c2cc3ccc(Cl)cc3s2)CC(CC(=O)N=O)N1C(=O)c1cnc(-c2ccncc2)nc1. The maximum Gasteiger partial charge on any atom is 0.288 e. The number of nitrogens with two attached hydrogens (primary N) is 1. The molecule has 0 aliphatic carbocycles. The number of aromatic nitrogens is 3. The van der Waals surface area contributed by atoms with Gasteiger partial charge in [0.1, 0.15) is 4.21 Å². The van der Waals surface area contributed by atoms with E-state index < -0.39 is 52.7 Å². The minimum absolute atomic E-state index is 0.0102. The van der Waals surface area contributed by atoms with Gasteiger partial charge in [-0.2, -0.15) is 4.31 Å². The Hall–Kier alpha value is -4.18. The van der Waals surface area contributed by atoms with Crippen molar-refractivity contribution in [3.05, 3.63) is 76.7 Å². The number of sulfonamides is 1. The van der Waals surface area contributed by atoms with Gasteiger partial charge in [-0.05, 0) is 35.7 Å². The Morgan fingerprint density at radius 1 is 1.02 bits per heavy atom. The van der Waals surface area contributed by atoms with Gasteiger partial charge >= 0.3 is 0 Å². The molecule has 1 fully saturated rings. The number of hydrogen-bond acceptors (Lipinski definition) is 10. The zero-order valence-corrected chi connectivity index (χ0v) is 24.1. The number of nitrogens with zero attached hydrogens (tertiary/aromatic N) is 6. The van der Waals surface area contributed by atoms with Crippen LogP contribution < -0.4 is 5.73 Å². The minimum atomic E-state index is -4.16. The summed E-state index contributed by atoms with van der Waals surface area (Å²) in [6.07, 6.45) is 4.72. The lowest BCUT2D eigenvalue weighted by Crippen LogP contribution is -2.62. The topological polar surface area (TPSA) is 186 Å². The van der Waals surface area contributed by atoms with Crippen LogP contribution >= 0.6 is 22.9 Å². The molecule has 1 aliphatic heterocycles. The van der Waals surface area contributed by atoms with Crippen LogP contribution in [0.3, 0.4) is 0 Å². The molecule has 3 amide bonds. The Kier molecular flexibility index (Phi) is 8.36. The Balaban J connectivity index is 1.50. The molecule has 4 heterocycles. The normalized spacial score (nSPS) is 17.7. The van der Waals surface area contributed by atoms with Crippen molar-refractivity contribution in [3.63, 3.8) is 0 Å². The number of halogens is 1. The summed E-state index contributed by atoms with van der Waals surface area (Å²) in [5.41, 5.74) is 6.18. The second-order valence-electron chi connectivity index (χ2n) is 9.48. The fourth-order valence-corrected chi connectivity index (χ4v) is 8.16. The van der Waals surface area contributed by atoms with Gasteiger partial charge in [-0.3, -0.25) is 19.4 Å². The van der Waals surface area contributed by atoms with Gasteiger partial charge in [-0.1, -0.05) is 17.7 Å². The van der Waals surface area contributed by atoms with Crippen molar-refractivity contribution in [1.82, 2.24) is 24.2 Å². The molecular weight excluding hydrogens is 606 g/mol. The summed E-state index contributed by atoms with van der Waals surface area (Å²) in [4.78, 5) is 62.7. The van der Waals surface area contributed by atoms with E-state index in [2.05, 4.69) is 20.1 Å². The number of amides is 3. The van der Waals surface area contributed by atoms with Crippen molar-refractivity contribution in [3.8, 4) is 11.4 Å². The fraction of sp³-hybridized carbons (Fsp3) is 0.231. The first-order chi connectivity index (χ1) is 20.1. The Labute approximate surface area is 248 Å². The molecule has 2 unspecified atom stereocenters. The van der Waals surface area contributed by atoms with Gasteiger partial charge in [0, 0.05) is 64.8 Å². The number of benzene rings is 1. The van der Waals surface area contributed by atoms with Crippen LogP contribution in [-0.2, 0) is 19.6 Å². The third-order valence-corrected chi connectivity index (χ3v) is 10.3. The van der Waals surface area contributed by atoms with E-state index in [4.69, 9.17) is 17.3 Å². The third-order valence-electron chi connectivity index (χ3n) is 6.69. The molecule has 1 aliphatic rings. The summed E-state index contributed by atoms with van der Waals surface area (Å²) >= 11 is 7.07. The lowest BCUT2D eigenvalue weighted by molar-refractivity contribution is -0.120. The quantitative estimate of drug-likeness (QED) is 0.287. The molecule has 2 atom stereocenters. The first-order valence-corrected chi connectivity index (χ1v) is 15.1. The molecule has 2 N–H and O–H groups in total. The van der Waals surface area contributed by atoms with Crippen LogP contribution in [-0.4, -0.2) is 75.5 Å². The molecule has 3 aromatic heterocycles. The molecule has 1 saturated heterocycles. The predicted octanol–water partition coefficient (Wildman–Crippen LogP) is 2.85. The number of fused-ring (bicyclic) bond motifs is 1. The largest absolute Gasteiger partial charge is 0.370 e. The van der Waals surface area contributed by atoms with Crippen molar-refractivity contribution in [2.75, 3.05) is 13.1 Å². The average Bonchev–Trinajstić information content (AvgIpc) is 3.41. The minimum Gasteiger partial charge on any atom is -0.370 e. The molecule has 16 heteroatoms. The van der Waals surface area contributed by atoms with Gasteiger partial charge in [-0.25, -0.2) is 18.4 Å². The molecule has 0 radical (unpaired) electrons. The number of carbonyl (C=O) groups is 3. The number of nitroso groups, excluding NO2 is 1. The van der Waals surface area contributed by atoms with E-state index in [1.54, 1.807) is 42.7 Å². The van der Waals surface area contributed by atoms with E-state index >= 15 is 0 Å². The molecule has 42 heavy (non-hydrogen) atoms. The molecule has 0 saturated carbocycles. The Morgan fingerprint density at radius 2 is 1.69 bits per heavy atom. The second kappa shape index (κ2) is 12.0. The first kappa shape index (κ1) is 29.3. The van der Waals surface area contributed by atoms with E-state index in [9.17, 15) is 27.7 Å². The van der Waals surface area contributed by atoms with Gasteiger partial charge in [0.25, 0.3) is 21.8 Å². The van der Waals surface area contributed by atoms with E-state index in [1.807, 2.05) is 0 Å². The van der Waals surface area contributed by atoms with Gasteiger partial charge in [0.05, 0.1) is 24.1 Å². The monoisotopic (exact) mass is 627 g/mol. The number of pyridine rings is 1. The molecule has 4 aromatic rings. The lowest BCUT2D eigenvalue weighted by Gasteiger charge is -2.45. The highest BCUT2D eigenvalue weighted by Gasteiger charge is 2.44. The molecule has 0 spiro atoms. The predicted molar refractivity (Wildman–Crippen MR) is 154 cm³/mol. The summed E-state index contributed by atoms with van der Waals surface area (Å²) in [6, 6.07) is 7.66. The summed E-state index contributed by atoms with van der Waals surface area (Å²) in [7, 11) is -4.16. The van der Waals surface area contributed by atoms with Crippen molar-refractivity contribution in [1.29, 1.82) is 0 Å². The molecular formula is C26H22ClN7O6S2. The zero-order chi connectivity index (χ0) is 30.0. The Bertz CT molecular complexity index is 1780. The summed E-state index contributed by atoms with van der Waals surface area (Å²) in [5.74, 6) is -2.22. The number of thiophene rings is 1. The van der Waals surface area contributed by atoms with E-state index in [0.717, 1.165) is 15.6 Å². The maximum absolute atomic E-state index is 13.8. The van der Waals surface area contributed by atoms with Gasteiger partial charge in [0.2, 0.25) is 5.91 Å². The van der Waals surface area contributed by atoms with Crippen LogP contribution in [0.5, 0.6) is 0 Å². The molecule has 1 aromatic carbocycles. The van der Waals surface area contributed by atoms with Crippen molar-refractivity contribution in [2.24, 2.45) is 10.9 Å². The smallest absolute Gasteiger partial charge is 0.288 e. The lowest BCUT2D eigenvalue weighted by atomic mass is 10.0. The second-order valence-corrected chi connectivity index (χ2v) is 13.2. The molecule has 0 bridgehead atoms. The van der Waals surface area contributed by atoms with Crippen LogP contribution in [0.1, 0.15) is 23.2 Å². The highest BCUT2D eigenvalue weighted by Crippen LogP contribution is 2.35. The molecule has 5 rings (SSSR count). The van der Waals surface area contributed by atoms with Crippen molar-refractivity contribution >= 4 is 60.8 Å². The van der Waals surface area contributed by atoms with Crippen LogP contribution in [0, 0.1) is 4.91 Å². The molecule has 216 valence electrons. The highest BCUT2D eigenvalue weighted by atomic mass is 35.5. The number of primary amides is 1. The third kappa shape index (κ3) is 6.04. The summed E-state index contributed by atoms with van der Waals surface area (Å²) in [6.45, 7) is -0.628. The molecule has 13 nitrogen and oxygen atoms in total. The zero-order valence-electron chi connectivity index (χ0n) is 21.7. The number of rotatable bonds is 8. The number of carbonyl (C=O) groups excluding carboxylic acids is 3. The van der Waals surface area contributed by atoms with Crippen molar-refractivity contribution < 1.29 is 22.8 Å². The number of piperazine rings is 1. The van der Waals surface area contributed by atoms with Crippen LogP contribution in [0.25, 0.3) is 21.5 Å². The van der Waals surface area contributed by atoms with Crippen LogP contribution in [0.15, 0.2) is 70.6 Å². The van der Waals surface area contributed by atoms with E-state index in [0.29, 0.717) is 26.5 Å². The van der Waals surface area contributed by atoms with Crippen LogP contribution in [0.2, 0.25) is 5.02 Å². The van der Waals surface area contributed by atoms with Gasteiger partial charge in [-0.15, -0.1) is 16.2 Å². The van der Waals surface area contributed by atoms with Crippen LogP contribution in [0.4, 0.5) is 0 Å². The van der Waals surface area contributed by atoms with E-state index in [1.165, 1.54) is 23.4 Å². The Morgan fingerprint density at radius 3 is 2.33 bits per heavy atom.